The van der Waals surface area contributed by atoms with Gasteiger partial charge < -0.3 is 14.6 Å². The van der Waals surface area contributed by atoms with Crippen molar-refractivity contribution in [3.63, 3.8) is 0 Å². The minimum atomic E-state index is -1.20. The molecule has 1 N–H and O–H groups in total. The molecule has 0 aliphatic heterocycles. The van der Waals surface area contributed by atoms with Crippen LogP contribution in [0.2, 0.25) is 0 Å². The standard InChI is InChI=1S/C7H10O5/c1-5(8)7(10)12-4-3-6(9)11-2/h3-5,8H,1-2H3. The second-order valence-electron chi connectivity index (χ2n) is 1.94. The van der Waals surface area contributed by atoms with Crippen molar-refractivity contribution in [3.8, 4) is 0 Å². The third-order valence-corrected chi connectivity index (χ3v) is 0.931. The van der Waals surface area contributed by atoms with Crippen LogP contribution < -0.4 is 0 Å². The van der Waals surface area contributed by atoms with E-state index in [0.29, 0.717) is 0 Å². The van der Waals surface area contributed by atoms with E-state index in [1.807, 2.05) is 0 Å². The Balaban J connectivity index is 3.75. The Labute approximate surface area is 69.6 Å². The summed E-state index contributed by atoms with van der Waals surface area (Å²) in [5.41, 5.74) is 0. The summed E-state index contributed by atoms with van der Waals surface area (Å²) in [6.07, 6.45) is 0.591. The fraction of sp³-hybridized carbons (Fsp3) is 0.429. The first-order valence-electron chi connectivity index (χ1n) is 3.21. The van der Waals surface area contributed by atoms with Gasteiger partial charge in [0.2, 0.25) is 0 Å². The summed E-state index contributed by atoms with van der Waals surface area (Å²) in [4.78, 5) is 20.9. The first kappa shape index (κ1) is 10.6. The predicted molar refractivity (Wildman–Crippen MR) is 38.9 cm³/mol. The molecule has 0 aromatic heterocycles. The Morgan fingerprint density at radius 2 is 2.08 bits per heavy atom. The summed E-state index contributed by atoms with van der Waals surface area (Å²) >= 11 is 0. The molecule has 0 aliphatic rings. The number of hydrogen-bond donors (Lipinski definition) is 1. The van der Waals surface area contributed by atoms with Crippen LogP contribution in [0.5, 0.6) is 0 Å². The molecule has 0 bridgehead atoms. The van der Waals surface area contributed by atoms with Gasteiger partial charge in [0.25, 0.3) is 0 Å². The summed E-state index contributed by atoms with van der Waals surface area (Å²) in [7, 11) is 1.20. The van der Waals surface area contributed by atoms with Crippen molar-refractivity contribution >= 4 is 11.9 Å². The number of ether oxygens (including phenoxy) is 2. The topological polar surface area (TPSA) is 72.8 Å². The summed E-state index contributed by atoms with van der Waals surface area (Å²) in [5, 5.41) is 8.62. The van der Waals surface area contributed by atoms with Crippen molar-refractivity contribution in [1.82, 2.24) is 0 Å². The lowest BCUT2D eigenvalue weighted by atomic mass is 10.4. The van der Waals surface area contributed by atoms with E-state index in [-0.39, 0.29) is 0 Å². The number of esters is 2. The maximum absolute atomic E-state index is 10.5. The van der Waals surface area contributed by atoms with Gasteiger partial charge in [-0.25, -0.2) is 9.59 Å². The minimum Gasteiger partial charge on any atom is -0.466 e. The zero-order valence-corrected chi connectivity index (χ0v) is 6.81. The number of methoxy groups -OCH3 is 1. The normalized spacial score (nSPS) is 12.6. The van der Waals surface area contributed by atoms with E-state index in [0.717, 1.165) is 12.3 Å². The molecule has 1 atom stereocenters. The molecule has 0 amide bonds. The molecule has 0 heterocycles. The third-order valence-electron chi connectivity index (χ3n) is 0.931. The monoisotopic (exact) mass is 174 g/mol. The van der Waals surface area contributed by atoms with E-state index in [1.165, 1.54) is 14.0 Å². The lowest BCUT2D eigenvalue weighted by Gasteiger charge is -1.99. The van der Waals surface area contributed by atoms with E-state index in [1.54, 1.807) is 0 Å². The molecule has 68 valence electrons. The van der Waals surface area contributed by atoms with E-state index in [2.05, 4.69) is 9.47 Å². The molecule has 0 aromatic rings. The zero-order valence-electron chi connectivity index (χ0n) is 6.81. The smallest absolute Gasteiger partial charge is 0.339 e. The van der Waals surface area contributed by atoms with Gasteiger partial charge in [-0.2, -0.15) is 0 Å². The fourth-order valence-electron chi connectivity index (χ4n) is 0.323. The van der Waals surface area contributed by atoms with Gasteiger partial charge in [0.15, 0.2) is 0 Å². The SMILES string of the molecule is COC(=O)C=COC(=O)C(C)O. The Morgan fingerprint density at radius 3 is 2.50 bits per heavy atom. The van der Waals surface area contributed by atoms with E-state index < -0.39 is 18.0 Å². The van der Waals surface area contributed by atoms with Crippen molar-refractivity contribution < 1.29 is 24.2 Å². The number of carbonyl (C=O) groups excluding carboxylic acids is 2. The maximum Gasteiger partial charge on any atom is 0.339 e. The van der Waals surface area contributed by atoms with Gasteiger partial charge in [0.1, 0.15) is 12.4 Å². The van der Waals surface area contributed by atoms with Crippen molar-refractivity contribution in [2.24, 2.45) is 0 Å². The van der Waals surface area contributed by atoms with Gasteiger partial charge in [-0.3, -0.25) is 0 Å². The summed E-state index contributed by atoms with van der Waals surface area (Å²) in [5.74, 6) is -1.46. The molecule has 1 unspecified atom stereocenters. The van der Waals surface area contributed by atoms with Gasteiger partial charge in [-0.05, 0) is 6.92 Å². The van der Waals surface area contributed by atoms with Gasteiger partial charge in [-0.1, -0.05) is 0 Å². The third kappa shape index (κ3) is 4.45. The predicted octanol–water partition coefficient (Wildman–Crippen LogP) is -0.403. The molecule has 0 fully saturated rings. The van der Waals surface area contributed by atoms with Crippen LogP contribution in [0.25, 0.3) is 0 Å². The van der Waals surface area contributed by atoms with Crippen LogP contribution in [0.15, 0.2) is 12.3 Å². The Kier molecular flexibility index (Phi) is 4.71. The van der Waals surface area contributed by atoms with Gasteiger partial charge in [0, 0.05) is 0 Å². The van der Waals surface area contributed by atoms with Crippen LogP contribution in [0.1, 0.15) is 6.92 Å². The number of rotatable bonds is 3. The number of aliphatic hydroxyl groups excluding tert-OH is 1. The molecule has 12 heavy (non-hydrogen) atoms. The average Bonchev–Trinajstić information content (AvgIpc) is 2.03. The minimum absolute atomic E-state index is 0.631. The highest BCUT2D eigenvalue weighted by Gasteiger charge is 2.07. The van der Waals surface area contributed by atoms with Crippen molar-refractivity contribution in [3.05, 3.63) is 12.3 Å². The molecule has 0 saturated heterocycles. The molecular weight excluding hydrogens is 164 g/mol. The highest BCUT2D eigenvalue weighted by Crippen LogP contribution is 1.88. The first-order chi connectivity index (χ1) is 5.57. The van der Waals surface area contributed by atoms with Crippen molar-refractivity contribution in [2.75, 3.05) is 7.11 Å². The number of carbonyl (C=O) groups is 2. The van der Waals surface area contributed by atoms with Crippen molar-refractivity contribution in [2.45, 2.75) is 13.0 Å². The molecule has 5 heteroatoms. The summed E-state index contributed by atoms with van der Waals surface area (Å²) in [6, 6.07) is 0. The zero-order chi connectivity index (χ0) is 9.56. The highest BCUT2D eigenvalue weighted by molar-refractivity contribution is 5.82. The van der Waals surface area contributed by atoms with Crippen LogP contribution in [0.4, 0.5) is 0 Å². The Hall–Kier alpha value is -1.36. The first-order valence-corrected chi connectivity index (χ1v) is 3.21. The van der Waals surface area contributed by atoms with Crippen LogP contribution in [0, 0.1) is 0 Å². The van der Waals surface area contributed by atoms with Crippen LogP contribution in [-0.4, -0.2) is 30.3 Å². The molecule has 5 nitrogen and oxygen atoms in total. The average molecular weight is 174 g/mol. The van der Waals surface area contributed by atoms with Gasteiger partial charge >= 0.3 is 11.9 Å². The Bertz CT molecular complexity index is 194. The molecule has 0 spiro atoms. The number of aliphatic hydroxyl groups is 1. The summed E-state index contributed by atoms with van der Waals surface area (Å²) < 4.78 is 8.52. The Morgan fingerprint density at radius 1 is 1.50 bits per heavy atom. The van der Waals surface area contributed by atoms with Crippen LogP contribution >= 0.6 is 0 Å². The second-order valence-corrected chi connectivity index (χ2v) is 1.94. The van der Waals surface area contributed by atoms with Crippen LogP contribution in [0.3, 0.4) is 0 Å². The maximum atomic E-state index is 10.5. The molecule has 0 rings (SSSR count). The molecule has 0 radical (unpaired) electrons. The van der Waals surface area contributed by atoms with E-state index >= 15 is 0 Å². The van der Waals surface area contributed by atoms with Gasteiger partial charge in [-0.15, -0.1) is 0 Å². The highest BCUT2D eigenvalue weighted by atomic mass is 16.5. The molecule has 0 aromatic carbocycles. The van der Waals surface area contributed by atoms with E-state index in [9.17, 15) is 9.59 Å². The molecule has 0 aliphatic carbocycles. The van der Waals surface area contributed by atoms with Crippen molar-refractivity contribution in [1.29, 1.82) is 0 Å². The summed E-state index contributed by atoms with van der Waals surface area (Å²) in [6.45, 7) is 1.26. The fourth-order valence-corrected chi connectivity index (χ4v) is 0.323. The number of hydrogen-bond acceptors (Lipinski definition) is 5. The van der Waals surface area contributed by atoms with E-state index in [4.69, 9.17) is 5.11 Å². The lowest BCUT2D eigenvalue weighted by Crippen LogP contribution is -2.16. The molecule has 0 saturated carbocycles. The quantitative estimate of drug-likeness (QED) is 0.358. The lowest BCUT2D eigenvalue weighted by molar-refractivity contribution is -0.146. The second kappa shape index (κ2) is 5.31. The largest absolute Gasteiger partial charge is 0.466 e. The molecular formula is C7H10O5. The van der Waals surface area contributed by atoms with Gasteiger partial charge in [0.05, 0.1) is 13.2 Å². The van der Waals surface area contributed by atoms with Crippen LogP contribution in [-0.2, 0) is 19.1 Å².